The number of hydrogen-bond donors (Lipinski definition) is 2. The van der Waals surface area contributed by atoms with Gasteiger partial charge in [-0.05, 0) is 25.7 Å². The molecule has 0 fully saturated rings. The minimum atomic E-state index is -0.381. The molecule has 3 unspecified atom stereocenters. The van der Waals surface area contributed by atoms with Crippen LogP contribution in [0.5, 0.6) is 0 Å². The molecular formula is C13H29NO. The third kappa shape index (κ3) is 7.80. The molecule has 2 nitrogen and oxygen atoms in total. The maximum Gasteiger partial charge on any atom is 0.102 e. The second-order valence-electron chi connectivity index (χ2n) is 4.68. The van der Waals surface area contributed by atoms with Crippen LogP contribution in [0.2, 0.25) is 0 Å². The smallest absolute Gasteiger partial charge is 0.102 e. The molecule has 0 saturated carbocycles. The molecule has 0 aromatic carbocycles. The first kappa shape index (κ1) is 14.9. The second kappa shape index (κ2) is 9.17. The van der Waals surface area contributed by atoms with Crippen molar-refractivity contribution in [2.75, 3.05) is 0 Å². The van der Waals surface area contributed by atoms with Crippen LogP contribution in [0, 0.1) is 5.92 Å². The fourth-order valence-corrected chi connectivity index (χ4v) is 2.09. The highest BCUT2D eigenvalue weighted by molar-refractivity contribution is 4.72. The van der Waals surface area contributed by atoms with Crippen molar-refractivity contribution >= 4 is 0 Å². The van der Waals surface area contributed by atoms with Crippen molar-refractivity contribution in [2.45, 2.75) is 78.5 Å². The van der Waals surface area contributed by atoms with Crippen molar-refractivity contribution in [2.24, 2.45) is 5.92 Å². The van der Waals surface area contributed by atoms with Crippen LogP contribution in [-0.2, 0) is 0 Å². The van der Waals surface area contributed by atoms with Crippen LogP contribution in [0.25, 0.3) is 0 Å². The van der Waals surface area contributed by atoms with E-state index in [1.165, 1.54) is 32.1 Å². The van der Waals surface area contributed by atoms with E-state index in [2.05, 4.69) is 26.1 Å². The van der Waals surface area contributed by atoms with E-state index in [1.807, 2.05) is 0 Å². The Balaban J connectivity index is 3.68. The zero-order valence-electron chi connectivity index (χ0n) is 10.9. The van der Waals surface area contributed by atoms with E-state index in [0.717, 1.165) is 6.42 Å². The predicted octanol–water partition coefficient (Wildman–Crippen LogP) is 3.30. The summed E-state index contributed by atoms with van der Waals surface area (Å²) in [4.78, 5) is 0. The van der Waals surface area contributed by atoms with Crippen LogP contribution < -0.4 is 5.32 Å². The van der Waals surface area contributed by atoms with Crippen molar-refractivity contribution in [1.82, 2.24) is 5.32 Å². The van der Waals surface area contributed by atoms with Crippen molar-refractivity contribution in [1.29, 1.82) is 0 Å². The number of aliphatic hydroxyl groups excluding tert-OH is 1. The van der Waals surface area contributed by atoms with Gasteiger partial charge in [0.05, 0.1) is 0 Å². The van der Waals surface area contributed by atoms with Crippen LogP contribution in [-0.4, -0.2) is 17.4 Å². The lowest BCUT2D eigenvalue weighted by molar-refractivity contribution is 0.124. The highest BCUT2D eigenvalue weighted by Gasteiger charge is 2.15. The molecule has 0 aliphatic carbocycles. The van der Waals surface area contributed by atoms with E-state index in [-0.39, 0.29) is 6.23 Å². The van der Waals surface area contributed by atoms with Gasteiger partial charge < -0.3 is 5.11 Å². The van der Waals surface area contributed by atoms with Gasteiger partial charge in [-0.25, -0.2) is 0 Å². The number of rotatable bonds is 9. The fourth-order valence-electron chi connectivity index (χ4n) is 2.09. The van der Waals surface area contributed by atoms with Crippen molar-refractivity contribution < 1.29 is 5.11 Å². The first-order valence-corrected chi connectivity index (χ1v) is 6.55. The number of unbranched alkanes of at least 4 members (excludes halogenated alkanes) is 3. The van der Waals surface area contributed by atoms with Crippen molar-refractivity contribution in [3.8, 4) is 0 Å². The predicted molar refractivity (Wildman–Crippen MR) is 66.8 cm³/mol. The van der Waals surface area contributed by atoms with Gasteiger partial charge in [0.1, 0.15) is 6.23 Å². The minimum absolute atomic E-state index is 0.381. The Hall–Kier alpha value is -0.0800. The zero-order chi connectivity index (χ0) is 11.7. The maximum atomic E-state index is 9.30. The average molecular weight is 215 g/mol. The van der Waals surface area contributed by atoms with E-state index in [9.17, 15) is 5.11 Å². The summed E-state index contributed by atoms with van der Waals surface area (Å²) in [6.07, 6.45) is 7.33. The topological polar surface area (TPSA) is 32.3 Å². The van der Waals surface area contributed by atoms with E-state index in [4.69, 9.17) is 0 Å². The van der Waals surface area contributed by atoms with E-state index >= 15 is 0 Å². The first-order valence-electron chi connectivity index (χ1n) is 6.55. The number of nitrogens with one attached hydrogen (secondary N) is 1. The molecule has 3 atom stereocenters. The monoisotopic (exact) mass is 215 g/mol. The Morgan fingerprint density at radius 1 is 1.07 bits per heavy atom. The second-order valence-corrected chi connectivity index (χ2v) is 4.68. The van der Waals surface area contributed by atoms with Crippen molar-refractivity contribution in [3.63, 3.8) is 0 Å². The van der Waals surface area contributed by atoms with Crippen molar-refractivity contribution in [3.05, 3.63) is 0 Å². The van der Waals surface area contributed by atoms with E-state index in [0.29, 0.717) is 12.0 Å². The summed E-state index contributed by atoms with van der Waals surface area (Å²) in [7, 11) is 0. The molecule has 0 amide bonds. The van der Waals surface area contributed by atoms with Gasteiger partial charge in [-0.15, -0.1) is 0 Å². The Bertz CT molecular complexity index is 136. The highest BCUT2D eigenvalue weighted by Crippen LogP contribution is 2.16. The molecule has 0 aliphatic rings. The summed E-state index contributed by atoms with van der Waals surface area (Å²) in [5.41, 5.74) is 0. The van der Waals surface area contributed by atoms with Crippen LogP contribution in [0.3, 0.4) is 0 Å². The number of aliphatic hydroxyl groups is 1. The molecule has 92 valence electrons. The lowest BCUT2D eigenvalue weighted by atomic mass is 9.93. The first-order chi connectivity index (χ1) is 7.11. The normalized spacial score (nSPS) is 17.4. The molecular weight excluding hydrogens is 186 g/mol. The molecule has 2 heteroatoms. The van der Waals surface area contributed by atoms with E-state index < -0.39 is 0 Å². The molecule has 0 saturated heterocycles. The minimum Gasteiger partial charge on any atom is -0.379 e. The quantitative estimate of drug-likeness (QED) is 0.457. The molecule has 0 rings (SSSR count). The van der Waals surface area contributed by atoms with Gasteiger partial charge in [0, 0.05) is 6.04 Å². The van der Waals surface area contributed by atoms with Crippen LogP contribution in [0.4, 0.5) is 0 Å². The summed E-state index contributed by atoms with van der Waals surface area (Å²) >= 11 is 0. The van der Waals surface area contributed by atoms with Gasteiger partial charge in [0.15, 0.2) is 0 Å². The standard InChI is InChI=1S/C13H29NO/c1-5-7-8-9-10-11(3)13(6-2)14-12(4)15/h11-15H,5-10H2,1-4H3. The van der Waals surface area contributed by atoms with Gasteiger partial charge in [0.2, 0.25) is 0 Å². The summed E-state index contributed by atoms with van der Waals surface area (Å²) in [5, 5.41) is 12.5. The Morgan fingerprint density at radius 3 is 2.20 bits per heavy atom. The molecule has 0 aromatic heterocycles. The van der Waals surface area contributed by atoms with Gasteiger partial charge in [-0.1, -0.05) is 46.5 Å². The van der Waals surface area contributed by atoms with Crippen LogP contribution in [0.15, 0.2) is 0 Å². The summed E-state index contributed by atoms with van der Waals surface area (Å²) in [6, 6.07) is 0.464. The lowest BCUT2D eigenvalue weighted by Gasteiger charge is -2.25. The van der Waals surface area contributed by atoms with Gasteiger partial charge >= 0.3 is 0 Å². The lowest BCUT2D eigenvalue weighted by Crippen LogP contribution is -2.40. The van der Waals surface area contributed by atoms with Gasteiger partial charge in [-0.2, -0.15) is 0 Å². The van der Waals surface area contributed by atoms with Gasteiger partial charge in [0.25, 0.3) is 0 Å². The molecule has 15 heavy (non-hydrogen) atoms. The number of hydrogen-bond acceptors (Lipinski definition) is 2. The molecule has 2 N–H and O–H groups in total. The summed E-state index contributed by atoms with van der Waals surface area (Å²) in [6.45, 7) is 8.51. The maximum absolute atomic E-state index is 9.30. The van der Waals surface area contributed by atoms with Crippen LogP contribution >= 0.6 is 0 Å². The van der Waals surface area contributed by atoms with E-state index in [1.54, 1.807) is 6.92 Å². The Labute approximate surface area is 95.5 Å². The molecule has 0 heterocycles. The molecule has 0 aliphatic heterocycles. The Morgan fingerprint density at radius 2 is 1.73 bits per heavy atom. The molecule has 0 radical (unpaired) electrons. The molecule has 0 spiro atoms. The van der Waals surface area contributed by atoms with Gasteiger partial charge in [-0.3, -0.25) is 5.32 Å². The van der Waals surface area contributed by atoms with Crippen LogP contribution in [0.1, 0.15) is 66.2 Å². The molecule has 0 bridgehead atoms. The SMILES string of the molecule is CCCCCCC(C)C(CC)NC(C)O. The summed E-state index contributed by atoms with van der Waals surface area (Å²) in [5.74, 6) is 0.668. The molecule has 0 aromatic rings. The highest BCUT2D eigenvalue weighted by atomic mass is 16.3. The average Bonchev–Trinajstić information content (AvgIpc) is 2.20. The zero-order valence-corrected chi connectivity index (χ0v) is 10.9. The largest absolute Gasteiger partial charge is 0.379 e. The fraction of sp³-hybridized carbons (Fsp3) is 1.00. The third-order valence-corrected chi connectivity index (χ3v) is 3.10. The Kier molecular flexibility index (Phi) is 9.12. The third-order valence-electron chi connectivity index (χ3n) is 3.10. The summed E-state index contributed by atoms with van der Waals surface area (Å²) < 4.78 is 0.